The molecule has 0 saturated carbocycles. The van der Waals surface area contributed by atoms with Crippen molar-refractivity contribution >= 4 is 36.3 Å². The molecule has 0 fully saturated rings. The van der Waals surface area contributed by atoms with Gasteiger partial charge in [0.2, 0.25) is 17.7 Å². The summed E-state index contributed by atoms with van der Waals surface area (Å²) in [6.07, 6.45) is 1.73. The van der Waals surface area contributed by atoms with E-state index in [1.165, 1.54) is 0 Å². The van der Waals surface area contributed by atoms with E-state index in [1.54, 1.807) is 0 Å². The minimum Gasteiger partial charge on any atom is -0.480 e. The number of aliphatic hydroxyl groups is 1. The highest BCUT2D eigenvalue weighted by Crippen LogP contribution is 2.08. The summed E-state index contributed by atoms with van der Waals surface area (Å²) in [7, 11) is 0. The third kappa shape index (κ3) is 10.8. The lowest BCUT2D eigenvalue weighted by atomic mass is 10.0. The van der Waals surface area contributed by atoms with Crippen LogP contribution in [-0.2, 0) is 19.2 Å². The van der Waals surface area contributed by atoms with Gasteiger partial charge in [0.25, 0.3) is 0 Å². The van der Waals surface area contributed by atoms with Crippen molar-refractivity contribution in [3.63, 3.8) is 0 Å². The Kier molecular flexibility index (Phi) is 14.0. The molecule has 174 valence electrons. The first-order chi connectivity index (χ1) is 14.1. The molecule has 0 rings (SSSR count). The molecule has 0 bridgehead atoms. The number of unbranched alkanes of at least 4 members (excludes halogenated alkanes) is 1. The highest BCUT2D eigenvalue weighted by atomic mass is 32.1. The molecule has 0 saturated heterocycles. The molecule has 0 aliphatic rings. The number of rotatable bonds is 15. The standard InChI is InChI=1S/C18H35N5O6S/c1-10(2)7-13(17(27)23-14(8-24)18(28)29)22-16(26)12(5-3-4-6-19)21-15(25)11(20)9-30/h10-14,24,30H,3-9,19-20H2,1-2H3,(H,21,25)(H,22,26)(H,23,27)(H,28,29). The molecule has 11 nitrogen and oxygen atoms in total. The Morgan fingerprint density at radius 3 is 1.93 bits per heavy atom. The van der Waals surface area contributed by atoms with Gasteiger partial charge in [-0.25, -0.2) is 4.79 Å². The molecule has 0 aliphatic carbocycles. The zero-order chi connectivity index (χ0) is 23.3. The van der Waals surface area contributed by atoms with Crippen LogP contribution >= 0.6 is 12.6 Å². The van der Waals surface area contributed by atoms with Gasteiger partial charge in [0.05, 0.1) is 12.6 Å². The minimum absolute atomic E-state index is 0.00124. The first kappa shape index (κ1) is 28.1. The quantitative estimate of drug-likeness (QED) is 0.103. The van der Waals surface area contributed by atoms with Crippen molar-refractivity contribution < 1.29 is 29.4 Å². The van der Waals surface area contributed by atoms with E-state index in [0.29, 0.717) is 25.8 Å². The van der Waals surface area contributed by atoms with Gasteiger partial charge in [0, 0.05) is 5.75 Å². The Hall–Kier alpha value is -1.89. The predicted molar refractivity (Wildman–Crippen MR) is 115 cm³/mol. The number of hydrogen-bond donors (Lipinski definition) is 8. The predicted octanol–water partition coefficient (Wildman–Crippen LogP) is -2.05. The summed E-state index contributed by atoms with van der Waals surface area (Å²) in [5, 5.41) is 25.5. The maximum atomic E-state index is 12.8. The van der Waals surface area contributed by atoms with Gasteiger partial charge in [0.1, 0.15) is 18.1 Å². The molecule has 0 heterocycles. The Labute approximate surface area is 182 Å². The van der Waals surface area contributed by atoms with Gasteiger partial charge in [-0.1, -0.05) is 13.8 Å². The summed E-state index contributed by atoms with van der Waals surface area (Å²) in [6, 6.07) is -4.37. The third-order valence-electron chi connectivity index (χ3n) is 4.25. The van der Waals surface area contributed by atoms with E-state index in [1.807, 2.05) is 13.8 Å². The number of nitrogens with one attached hydrogen (secondary N) is 3. The van der Waals surface area contributed by atoms with E-state index in [0.717, 1.165) is 0 Å². The van der Waals surface area contributed by atoms with Crippen molar-refractivity contribution in [1.82, 2.24) is 16.0 Å². The Balaban J connectivity index is 5.34. The molecule has 4 atom stereocenters. The summed E-state index contributed by atoms with van der Waals surface area (Å²) in [5.41, 5.74) is 11.1. The van der Waals surface area contributed by atoms with E-state index in [2.05, 4.69) is 28.6 Å². The Morgan fingerprint density at radius 1 is 0.933 bits per heavy atom. The Bertz CT molecular complexity index is 577. The van der Waals surface area contributed by atoms with Crippen LogP contribution in [0.1, 0.15) is 39.5 Å². The van der Waals surface area contributed by atoms with Gasteiger partial charge in [-0.3, -0.25) is 14.4 Å². The highest BCUT2D eigenvalue weighted by molar-refractivity contribution is 7.80. The number of carbonyl (C=O) groups is 4. The van der Waals surface area contributed by atoms with E-state index < -0.39 is 54.5 Å². The number of carboxylic acids is 1. The molecule has 0 aromatic heterocycles. The zero-order valence-corrected chi connectivity index (χ0v) is 18.4. The fraction of sp³-hybridized carbons (Fsp3) is 0.778. The fourth-order valence-corrected chi connectivity index (χ4v) is 2.72. The number of carbonyl (C=O) groups excluding carboxylic acids is 3. The van der Waals surface area contributed by atoms with Gasteiger partial charge in [0.15, 0.2) is 0 Å². The summed E-state index contributed by atoms with van der Waals surface area (Å²) in [6.45, 7) is 3.30. The molecule has 0 aromatic carbocycles. The summed E-state index contributed by atoms with van der Waals surface area (Å²) in [4.78, 5) is 48.5. The van der Waals surface area contributed by atoms with Crippen LogP contribution in [0.2, 0.25) is 0 Å². The number of aliphatic carboxylic acids is 1. The van der Waals surface area contributed by atoms with Gasteiger partial charge in [-0.05, 0) is 38.1 Å². The van der Waals surface area contributed by atoms with Crippen LogP contribution in [0.15, 0.2) is 0 Å². The van der Waals surface area contributed by atoms with Crippen molar-refractivity contribution in [1.29, 1.82) is 0 Å². The number of nitrogens with two attached hydrogens (primary N) is 2. The molecule has 0 spiro atoms. The zero-order valence-electron chi connectivity index (χ0n) is 17.5. The monoisotopic (exact) mass is 449 g/mol. The molecule has 12 heteroatoms. The van der Waals surface area contributed by atoms with Crippen molar-refractivity contribution in [2.45, 2.75) is 63.7 Å². The van der Waals surface area contributed by atoms with Gasteiger partial charge < -0.3 is 37.6 Å². The third-order valence-corrected chi connectivity index (χ3v) is 4.64. The average Bonchev–Trinajstić information content (AvgIpc) is 2.69. The molecule has 0 aliphatic heterocycles. The van der Waals surface area contributed by atoms with Crippen LogP contribution in [0, 0.1) is 5.92 Å². The number of carboxylic acid groups (broad SMARTS) is 1. The van der Waals surface area contributed by atoms with Crippen molar-refractivity contribution in [2.24, 2.45) is 17.4 Å². The van der Waals surface area contributed by atoms with Gasteiger partial charge >= 0.3 is 5.97 Å². The van der Waals surface area contributed by atoms with Gasteiger partial charge in [-0.15, -0.1) is 0 Å². The number of amides is 3. The molecule has 0 aromatic rings. The van der Waals surface area contributed by atoms with Crippen LogP contribution in [0.4, 0.5) is 0 Å². The lowest BCUT2D eigenvalue weighted by Crippen LogP contribution is -2.57. The maximum absolute atomic E-state index is 12.8. The largest absolute Gasteiger partial charge is 0.480 e. The van der Waals surface area contributed by atoms with Gasteiger partial charge in [-0.2, -0.15) is 12.6 Å². The number of thiol groups is 1. The lowest BCUT2D eigenvalue weighted by Gasteiger charge is -2.25. The first-order valence-electron chi connectivity index (χ1n) is 9.88. The minimum atomic E-state index is -1.49. The van der Waals surface area contributed by atoms with Crippen LogP contribution in [-0.4, -0.2) is 77.0 Å². The molecule has 4 unspecified atom stereocenters. The highest BCUT2D eigenvalue weighted by Gasteiger charge is 2.30. The molecule has 0 radical (unpaired) electrons. The first-order valence-corrected chi connectivity index (χ1v) is 10.5. The van der Waals surface area contributed by atoms with E-state index in [-0.39, 0.29) is 18.1 Å². The van der Waals surface area contributed by atoms with Crippen molar-refractivity contribution in [3.05, 3.63) is 0 Å². The fourth-order valence-electron chi connectivity index (χ4n) is 2.56. The second-order valence-corrected chi connectivity index (χ2v) is 7.77. The van der Waals surface area contributed by atoms with Crippen LogP contribution < -0.4 is 27.4 Å². The number of aliphatic hydroxyl groups excluding tert-OH is 1. The molecular formula is C18H35N5O6S. The topological polar surface area (TPSA) is 197 Å². The maximum Gasteiger partial charge on any atom is 0.328 e. The molecule has 3 amide bonds. The normalized spacial score (nSPS) is 15.0. The molecule has 30 heavy (non-hydrogen) atoms. The summed E-state index contributed by atoms with van der Waals surface area (Å²) >= 11 is 3.97. The average molecular weight is 450 g/mol. The lowest BCUT2D eigenvalue weighted by molar-refractivity contribution is -0.143. The van der Waals surface area contributed by atoms with Crippen LogP contribution in [0.5, 0.6) is 0 Å². The van der Waals surface area contributed by atoms with Crippen LogP contribution in [0.3, 0.4) is 0 Å². The molecular weight excluding hydrogens is 414 g/mol. The Morgan fingerprint density at radius 2 is 1.47 bits per heavy atom. The smallest absolute Gasteiger partial charge is 0.328 e. The van der Waals surface area contributed by atoms with Crippen molar-refractivity contribution in [2.75, 3.05) is 18.9 Å². The molecule has 9 N–H and O–H groups in total. The number of hydrogen-bond acceptors (Lipinski definition) is 8. The van der Waals surface area contributed by atoms with E-state index in [4.69, 9.17) is 21.7 Å². The van der Waals surface area contributed by atoms with E-state index in [9.17, 15) is 19.2 Å². The second kappa shape index (κ2) is 15.0. The summed E-state index contributed by atoms with van der Waals surface area (Å²) in [5.74, 6) is -3.18. The summed E-state index contributed by atoms with van der Waals surface area (Å²) < 4.78 is 0. The second-order valence-electron chi connectivity index (χ2n) is 7.41. The van der Waals surface area contributed by atoms with Crippen LogP contribution in [0.25, 0.3) is 0 Å². The van der Waals surface area contributed by atoms with E-state index >= 15 is 0 Å². The SMILES string of the molecule is CC(C)CC(NC(=O)C(CCCCN)NC(=O)C(N)CS)C(=O)NC(CO)C(=O)O. The van der Waals surface area contributed by atoms with Crippen molar-refractivity contribution in [3.8, 4) is 0 Å².